The molecule has 0 fully saturated rings. The standard InChI is InChI=1S/C10H20O2.C9H18O2/c1-2-3-4-5-6-7-8-9-10(11)12;1-3-4-5-6-7-8-9(10)11-2/h2-9H2,1H3,(H,11,12);3-8H2,1-2H3. The number of aliphatic carboxylic acids is 1. The molecule has 23 heavy (non-hydrogen) atoms. The zero-order valence-corrected chi connectivity index (χ0v) is 15.6. The van der Waals surface area contributed by atoms with Gasteiger partial charge >= 0.3 is 11.9 Å². The van der Waals surface area contributed by atoms with E-state index in [9.17, 15) is 9.59 Å². The minimum Gasteiger partial charge on any atom is -0.481 e. The van der Waals surface area contributed by atoms with Crippen LogP contribution in [0.5, 0.6) is 0 Å². The van der Waals surface area contributed by atoms with Crippen molar-refractivity contribution >= 4 is 11.9 Å². The summed E-state index contributed by atoms with van der Waals surface area (Å²) >= 11 is 0. The van der Waals surface area contributed by atoms with E-state index in [2.05, 4.69) is 18.6 Å². The van der Waals surface area contributed by atoms with Crippen LogP contribution in [-0.2, 0) is 14.3 Å². The van der Waals surface area contributed by atoms with Crippen LogP contribution >= 0.6 is 0 Å². The molecule has 0 amide bonds. The van der Waals surface area contributed by atoms with Crippen LogP contribution in [0, 0.1) is 0 Å². The zero-order chi connectivity index (χ0) is 17.8. The topological polar surface area (TPSA) is 63.6 Å². The highest BCUT2D eigenvalue weighted by molar-refractivity contribution is 5.68. The van der Waals surface area contributed by atoms with Gasteiger partial charge in [0.25, 0.3) is 0 Å². The van der Waals surface area contributed by atoms with E-state index in [0.29, 0.717) is 12.8 Å². The molecule has 0 heterocycles. The Morgan fingerprint density at radius 1 is 0.696 bits per heavy atom. The monoisotopic (exact) mass is 330 g/mol. The average molecular weight is 331 g/mol. The lowest BCUT2D eigenvalue weighted by Crippen LogP contribution is -1.98. The predicted molar refractivity (Wildman–Crippen MR) is 95.6 cm³/mol. The first-order chi connectivity index (χ1) is 11.1. The number of carbonyl (C=O) groups is 2. The molecule has 1 N–H and O–H groups in total. The van der Waals surface area contributed by atoms with Crippen molar-refractivity contribution in [3.8, 4) is 0 Å². The molecule has 138 valence electrons. The lowest BCUT2D eigenvalue weighted by atomic mass is 10.1. The van der Waals surface area contributed by atoms with Gasteiger partial charge in [0.15, 0.2) is 0 Å². The van der Waals surface area contributed by atoms with Gasteiger partial charge in [0.2, 0.25) is 0 Å². The molecule has 0 aromatic rings. The van der Waals surface area contributed by atoms with E-state index in [1.54, 1.807) is 0 Å². The Bertz CT molecular complexity index is 264. The summed E-state index contributed by atoms with van der Waals surface area (Å²) in [6, 6.07) is 0. The van der Waals surface area contributed by atoms with E-state index in [-0.39, 0.29) is 5.97 Å². The van der Waals surface area contributed by atoms with Crippen molar-refractivity contribution in [2.75, 3.05) is 7.11 Å². The van der Waals surface area contributed by atoms with Gasteiger partial charge in [0.1, 0.15) is 0 Å². The Balaban J connectivity index is 0. The van der Waals surface area contributed by atoms with Gasteiger partial charge in [0, 0.05) is 12.8 Å². The summed E-state index contributed by atoms with van der Waals surface area (Å²) in [4.78, 5) is 20.8. The van der Waals surface area contributed by atoms with E-state index < -0.39 is 5.97 Å². The number of unbranched alkanes of at least 4 members (excludes halogenated alkanes) is 10. The molecule has 0 aliphatic rings. The zero-order valence-electron chi connectivity index (χ0n) is 15.6. The van der Waals surface area contributed by atoms with E-state index in [4.69, 9.17) is 5.11 Å². The highest BCUT2D eigenvalue weighted by atomic mass is 16.5. The minimum atomic E-state index is -0.663. The van der Waals surface area contributed by atoms with E-state index in [1.807, 2.05) is 0 Å². The maximum Gasteiger partial charge on any atom is 0.305 e. The third-order valence-electron chi connectivity index (χ3n) is 3.71. The number of ether oxygens (including phenoxy) is 1. The Morgan fingerprint density at radius 3 is 1.48 bits per heavy atom. The second-order valence-corrected chi connectivity index (χ2v) is 6.01. The fourth-order valence-corrected chi connectivity index (χ4v) is 2.21. The molecular formula is C19H38O4. The Labute approximate surface area is 143 Å². The van der Waals surface area contributed by atoms with Crippen molar-refractivity contribution in [1.29, 1.82) is 0 Å². The number of hydrogen-bond acceptors (Lipinski definition) is 3. The molecule has 0 saturated heterocycles. The van der Waals surface area contributed by atoms with Crippen molar-refractivity contribution in [3.63, 3.8) is 0 Å². The molecular weight excluding hydrogens is 292 g/mol. The van der Waals surface area contributed by atoms with Crippen LogP contribution in [0.2, 0.25) is 0 Å². The number of methoxy groups -OCH3 is 1. The Hall–Kier alpha value is -1.06. The van der Waals surface area contributed by atoms with E-state index in [0.717, 1.165) is 25.7 Å². The van der Waals surface area contributed by atoms with E-state index in [1.165, 1.54) is 58.5 Å². The van der Waals surface area contributed by atoms with Crippen LogP contribution in [-0.4, -0.2) is 24.2 Å². The highest BCUT2D eigenvalue weighted by Crippen LogP contribution is 2.08. The molecule has 0 saturated carbocycles. The van der Waals surface area contributed by atoms with Crippen LogP contribution in [0.15, 0.2) is 0 Å². The number of carboxylic acids is 1. The first kappa shape index (κ1) is 24.2. The van der Waals surface area contributed by atoms with Crippen LogP contribution in [0.25, 0.3) is 0 Å². The number of carboxylic acid groups (broad SMARTS) is 1. The summed E-state index contributed by atoms with van der Waals surface area (Å²) in [5.74, 6) is -0.745. The van der Waals surface area contributed by atoms with Gasteiger partial charge in [-0.25, -0.2) is 0 Å². The molecule has 0 bridgehead atoms. The maximum absolute atomic E-state index is 10.6. The van der Waals surface area contributed by atoms with Crippen molar-refractivity contribution in [1.82, 2.24) is 0 Å². The molecule has 0 atom stereocenters. The van der Waals surface area contributed by atoms with Crippen LogP contribution in [0.4, 0.5) is 0 Å². The molecule has 0 spiro atoms. The lowest BCUT2D eigenvalue weighted by molar-refractivity contribution is -0.141. The quantitative estimate of drug-likeness (QED) is 0.326. The summed E-state index contributed by atoms with van der Waals surface area (Å²) in [5.41, 5.74) is 0. The number of carbonyl (C=O) groups excluding carboxylic acids is 1. The Morgan fingerprint density at radius 2 is 1.09 bits per heavy atom. The molecule has 0 aromatic carbocycles. The fraction of sp³-hybridized carbons (Fsp3) is 0.895. The third-order valence-corrected chi connectivity index (χ3v) is 3.71. The molecule has 0 aromatic heterocycles. The molecule has 0 aliphatic carbocycles. The summed E-state index contributed by atoms with van der Waals surface area (Å²) in [7, 11) is 1.44. The maximum atomic E-state index is 10.6. The van der Waals surface area contributed by atoms with Crippen LogP contribution in [0.3, 0.4) is 0 Å². The van der Waals surface area contributed by atoms with Crippen molar-refractivity contribution in [2.45, 2.75) is 104 Å². The summed E-state index contributed by atoms with van der Waals surface area (Å²) in [6.45, 7) is 4.38. The van der Waals surface area contributed by atoms with Crippen LogP contribution < -0.4 is 0 Å². The molecule has 0 rings (SSSR count). The summed E-state index contributed by atoms with van der Waals surface area (Å²) in [6.07, 6.45) is 15.1. The van der Waals surface area contributed by atoms with Gasteiger partial charge in [-0.2, -0.15) is 0 Å². The van der Waals surface area contributed by atoms with Crippen molar-refractivity contribution in [3.05, 3.63) is 0 Å². The molecule has 0 unspecified atom stereocenters. The van der Waals surface area contributed by atoms with E-state index >= 15 is 0 Å². The third kappa shape index (κ3) is 26.2. The number of esters is 1. The number of rotatable bonds is 14. The van der Waals surface area contributed by atoms with Gasteiger partial charge in [-0.3, -0.25) is 9.59 Å². The average Bonchev–Trinajstić information content (AvgIpc) is 2.54. The largest absolute Gasteiger partial charge is 0.481 e. The second-order valence-electron chi connectivity index (χ2n) is 6.01. The Kier molecular flexibility index (Phi) is 22.0. The van der Waals surface area contributed by atoms with Gasteiger partial charge in [0.05, 0.1) is 7.11 Å². The molecule has 0 radical (unpaired) electrons. The fourth-order valence-electron chi connectivity index (χ4n) is 2.21. The normalized spacial score (nSPS) is 9.87. The number of hydrogen-bond donors (Lipinski definition) is 1. The highest BCUT2D eigenvalue weighted by Gasteiger charge is 1.98. The summed E-state index contributed by atoms with van der Waals surface area (Å²) in [5, 5.41) is 8.35. The van der Waals surface area contributed by atoms with Crippen molar-refractivity contribution < 1.29 is 19.4 Å². The van der Waals surface area contributed by atoms with Gasteiger partial charge in [-0.05, 0) is 12.8 Å². The SMILES string of the molecule is CCCCCCCC(=O)OC.CCCCCCCCCC(=O)O. The predicted octanol–water partition coefficient (Wildman–Crippen LogP) is 5.73. The van der Waals surface area contributed by atoms with Crippen molar-refractivity contribution in [2.24, 2.45) is 0 Å². The molecule has 4 heteroatoms. The molecule has 4 nitrogen and oxygen atoms in total. The first-order valence-electron chi connectivity index (χ1n) is 9.37. The first-order valence-corrected chi connectivity index (χ1v) is 9.37. The second kappa shape index (κ2) is 20.9. The van der Waals surface area contributed by atoms with Crippen LogP contribution in [0.1, 0.15) is 104 Å². The minimum absolute atomic E-state index is 0.0819. The van der Waals surface area contributed by atoms with Gasteiger partial charge < -0.3 is 9.84 Å². The molecule has 0 aliphatic heterocycles. The summed E-state index contributed by atoms with van der Waals surface area (Å²) < 4.78 is 4.52. The van der Waals surface area contributed by atoms with Gasteiger partial charge in [-0.15, -0.1) is 0 Å². The lowest BCUT2D eigenvalue weighted by Gasteiger charge is -1.98. The smallest absolute Gasteiger partial charge is 0.305 e. The van der Waals surface area contributed by atoms with Gasteiger partial charge in [-0.1, -0.05) is 78.1 Å².